The summed E-state index contributed by atoms with van der Waals surface area (Å²) in [5.74, 6) is -1.23. The fourth-order valence-corrected chi connectivity index (χ4v) is 3.11. The first kappa shape index (κ1) is 19.0. The number of halogens is 6. The second-order valence-electron chi connectivity index (χ2n) is 5.95. The van der Waals surface area contributed by atoms with Crippen molar-refractivity contribution < 1.29 is 26.3 Å². The van der Waals surface area contributed by atoms with Gasteiger partial charge in [0, 0.05) is 5.92 Å². The topological polar surface area (TPSA) is 0 Å². The molecule has 0 heterocycles. The van der Waals surface area contributed by atoms with Crippen LogP contribution in [-0.4, -0.2) is 0 Å². The minimum Gasteiger partial charge on any atom is -0.166 e. The maximum Gasteiger partial charge on any atom is 0.416 e. The molecule has 3 aromatic rings. The van der Waals surface area contributed by atoms with Crippen LogP contribution in [0.4, 0.5) is 26.3 Å². The SMILES string of the molecule is FC(F)(F)c1c[c]cc(C(F)(F)F)c1C(c1ccccc1)c1ccccc1. The summed E-state index contributed by atoms with van der Waals surface area (Å²) in [6.07, 6.45) is -9.90. The lowest BCUT2D eigenvalue weighted by molar-refractivity contribution is -0.144. The molecule has 0 saturated heterocycles. The number of rotatable bonds is 3. The van der Waals surface area contributed by atoms with Gasteiger partial charge in [-0.1, -0.05) is 60.7 Å². The Morgan fingerprint density at radius 2 is 0.963 bits per heavy atom. The number of hydrogen-bond acceptors (Lipinski definition) is 0. The molecule has 6 heteroatoms. The lowest BCUT2D eigenvalue weighted by Crippen LogP contribution is -2.20. The van der Waals surface area contributed by atoms with E-state index in [2.05, 4.69) is 0 Å². The van der Waals surface area contributed by atoms with Gasteiger partial charge >= 0.3 is 12.4 Å². The summed E-state index contributed by atoms with van der Waals surface area (Å²) < 4.78 is 81.7. The van der Waals surface area contributed by atoms with Gasteiger partial charge < -0.3 is 0 Å². The predicted molar refractivity (Wildman–Crippen MR) is 89.1 cm³/mol. The fourth-order valence-electron chi connectivity index (χ4n) is 3.11. The molecular formula is C21H13F6. The van der Waals surface area contributed by atoms with Crippen LogP contribution in [0.15, 0.2) is 72.8 Å². The summed E-state index contributed by atoms with van der Waals surface area (Å²) in [5, 5.41) is 0. The molecule has 0 bridgehead atoms. The Labute approximate surface area is 152 Å². The van der Waals surface area contributed by atoms with Crippen LogP contribution < -0.4 is 0 Å². The fraction of sp³-hybridized carbons (Fsp3) is 0.143. The predicted octanol–water partition coefficient (Wildman–Crippen LogP) is 6.70. The summed E-state index contributed by atoms with van der Waals surface area (Å²) in [6.45, 7) is 0. The zero-order chi connectivity index (χ0) is 19.7. The molecular weight excluding hydrogens is 366 g/mol. The third-order valence-corrected chi connectivity index (χ3v) is 4.20. The van der Waals surface area contributed by atoms with E-state index in [4.69, 9.17) is 0 Å². The van der Waals surface area contributed by atoms with Crippen LogP contribution in [0, 0.1) is 6.07 Å². The van der Waals surface area contributed by atoms with Gasteiger partial charge in [0.2, 0.25) is 0 Å². The molecule has 3 rings (SSSR count). The minimum atomic E-state index is -4.95. The highest BCUT2D eigenvalue weighted by Crippen LogP contribution is 2.46. The van der Waals surface area contributed by atoms with E-state index in [1.54, 1.807) is 36.4 Å². The molecule has 0 fully saturated rings. The smallest absolute Gasteiger partial charge is 0.166 e. The molecule has 139 valence electrons. The maximum absolute atomic E-state index is 13.6. The monoisotopic (exact) mass is 379 g/mol. The van der Waals surface area contributed by atoms with Crippen LogP contribution in [-0.2, 0) is 12.4 Å². The van der Waals surface area contributed by atoms with Crippen molar-refractivity contribution in [2.45, 2.75) is 18.3 Å². The van der Waals surface area contributed by atoms with Crippen LogP contribution in [0.25, 0.3) is 0 Å². The zero-order valence-electron chi connectivity index (χ0n) is 13.8. The molecule has 0 saturated carbocycles. The molecule has 0 spiro atoms. The van der Waals surface area contributed by atoms with Crippen molar-refractivity contribution in [2.75, 3.05) is 0 Å². The third-order valence-electron chi connectivity index (χ3n) is 4.20. The molecule has 0 aromatic heterocycles. The Bertz CT molecular complexity index is 824. The van der Waals surface area contributed by atoms with Gasteiger partial charge in [0.1, 0.15) is 0 Å². The highest BCUT2D eigenvalue weighted by molar-refractivity contribution is 5.51. The lowest BCUT2D eigenvalue weighted by Gasteiger charge is -2.26. The van der Waals surface area contributed by atoms with E-state index in [9.17, 15) is 26.3 Å². The van der Waals surface area contributed by atoms with E-state index in [-0.39, 0.29) is 0 Å². The first-order chi connectivity index (χ1) is 12.7. The van der Waals surface area contributed by atoms with Crippen molar-refractivity contribution in [2.24, 2.45) is 0 Å². The second-order valence-corrected chi connectivity index (χ2v) is 5.95. The normalized spacial score (nSPS) is 12.4. The van der Waals surface area contributed by atoms with Crippen molar-refractivity contribution in [3.05, 3.63) is 107 Å². The Hall–Kier alpha value is -2.76. The first-order valence-corrected chi connectivity index (χ1v) is 7.98. The molecule has 3 aromatic carbocycles. The van der Waals surface area contributed by atoms with Crippen molar-refractivity contribution >= 4 is 0 Å². The van der Waals surface area contributed by atoms with Gasteiger partial charge in [0.25, 0.3) is 0 Å². The van der Waals surface area contributed by atoms with Crippen LogP contribution in [0.5, 0.6) is 0 Å². The van der Waals surface area contributed by atoms with Gasteiger partial charge in [-0.15, -0.1) is 0 Å². The molecule has 1 radical (unpaired) electrons. The number of alkyl halides is 6. The quantitative estimate of drug-likeness (QED) is 0.351. The third kappa shape index (κ3) is 3.99. The maximum atomic E-state index is 13.6. The van der Waals surface area contributed by atoms with E-state index >= 15 is 0 Å². The van der Waals surface area contributed by atoms with Gasteiger partial charge in [0.15, 0.2) is 0 Å². The first-order valence-electron chi connectivity index (χ1n) is 7.98. The molecule has 0 aliphatic heterocycles. The number of benzene rings is 3. The van der Waals surface area contributed by atoms with E-state index in [0.717, 1.165) is 0 Å². The minimum absolute atomic E-state index is 0.339. The Morgan fingerprint density at radius 1 is 0.593 bits per heavy atom. The molecule has 0 aliphatic carbocycles. The van der Waals surface area contributed by atoms with Gasteiger partial charge in [0.05, 0.1) is 11.1 Å². The molecule has 0 aliphatic rings. The van der Waals surface area contributed by atoms with Crippen molar-refractivity contribution in [3.63, 3.8) is 0 Å². The van der Waals surface area contributed by atoms with Crippen LogP contribution >= 0.6 is 0 Å². The largest absolute Gasteiger partial charge is 0.416 e. The molecule has 0 nitrogen and oxygen atoms in total. The van der Waals surface area contributed by atoms with Gasteiger partial charge in [-0.3, -0.25) is 0 Å². The van der Waals surface area contributed by atoms with Gasteiger partial charge in [-0.25, -0.2) is 0 Å². The lowest BCUT2D eigenvalue weighted by atomic mass is 9.80. The van der Waals surface area contributed by atoms with Crippen LogP contribution in [0.1, 0.15) is 33.7 Å². The Kier molecular flexibility index (Phi) is 5.00. The Morgan fingerprint density at radius 3 is 1.30 bits per heavy atom. The van der Waals surface area contributed by atoms with E-state index in [1.807, 2.05) is 6.07 Å². The van der Waals surface area contributed by atoms with Gasteiger partial charge in [-0.05, 0) is 34.9 Å². The molecule has 0 unspecified atom stereocenters. The average Bonchev–Trinajstić information content (AvgIpc) is 2.62. The average molecular weight is 379 g/mol. The summed E-state index contributed by atoms with van der Waals surface area (Å²) in [7, 11) is 0. The molecule has 0 N–H and O–H groups in total. The summed E-state index contributed by atoms with van der Waals surface area (Å²) in [5.41, 5.74) is -2.81. The highest BCUT2D eigenvalue weighted by atomic mass is 19.4. The van der Waals surface area contributed by atoms with E-state index in [0.29, 0.717) is 23.3 Å². The molecule has 27 heavy (non-hydrogen) atoms. The van der Waals surface area contributed by atoms with E-state index in [1.165, 1.54) is 24.3 Å². The summed E-state index contributed by atoms with van der Waals surface area (Å²) in [6, 6.07) is 18.9. The summed E-state index contributed by atoms with van der Waals surface area (Å²) >= 11 is 0. The van der Waals surface area contributed by atoms with Crippen molar-refractivity contribution in [1.29, 1.82) is 0 Å². The second kappa shape index (κ2) is 7.10. The highest BCUT2D eigenvalue weighted by Gasteiger charge is 2.43. The zero-order valence-corrected chi connectivity index (χ0v) is 13.8. The molecule has 0 atom stereocenters. The number of hydrogen-bond donors (Lipinski definition) is 0. The van der Waals surface area contributed by atoms with Gasteiger partial charge in [-0.2, -0.15) is 26.3 Å². The van der Waals surface area contributed by atoms with Crippen molar-refractivity contribution in [3.8, 4) is 0 Å². The van der Waals surface area contributed by atoms with Crippen molar-refractivity contribution in [1.82, 2.24) is 0 Å². The Balaban J connectivity index is 2.39. The standard InChI is InChI=1S/C21H13F6/c22-20(23,24)16-12-7-13-17(21(25,26)27)19(16)18(14-8-3-1-4-9-14)15-10-5-2-6-11-15/h1-6,8-13,18H. The molecule has 0 amide bonds. The van der Waals surface area contributed by atoms with Crippen LogP contribution in [0.3, 0.4) is 0 Å². The summed E-state index contributed by atoms with van der Waals surface area (Å²) in [4.78, 5) is 0. The van der Waals surface area contributed by atoms with Crippen LogP contribution in [0.2, 0.25) is 0 Å². The van der Waals surface area contributed by atoms with E-state index < -0.39 is 35.0 Å².